The van der Waals surface area contributed by atoms with Crippen LogP contribution >= 0.6 is 0 Å². The topological polar surface area (TPSA) is 59.2 Å². The molecule has 0 saturated heterocycles. The number of nitrogens with zero attached hydrogens (tertiary/aromatic N) is 2. The van der Waals surface area contributed by atoms with Crippen molar-refractivity contribution in [3.8, 4) is 0 Å². The largest absolute Gasteiger partial charge is 0.471 e. The van der Waals surface area contributed by atoms with Gasteiger partial charge in [-0.1, -0.05) is 12.1 Å². The Labute approximate surface area is 71.4 Å². The fourth-order valence-electron chi connectivity index (χ4n) is 0.668. The lowest BCUT2D eigenvalue weighted by atomic mass is 10.3. The molecule has 0 aromatic carbocycles. The van der Waals surface area contributed by atoms with Crippen molar-refractivity contribution in [1.29, 1.82) is 0 Å². The molecule has 0 amide bonds. The van der Waals surface area contributed by atoms with Crippen LogP contribution < -0.4 is 0 Å². The lowest BCUT2D eigenvalue weighted by Crippen LogP contribution is -2.06. The molecule has 74 valence electrons. The van der Waals surface area contributed by atoms with E-state index in [2.05, 4.69) is 14.7 Å². The van der Waals surface area contributed by atoms with Crippen LogP contribution in [0.25, 0.3) is 0 Å². The molecule has 0 aliphatic carbocycles. The summed E-state index contributed by atoms with van der Waals surface area (Å²) >= 11 is 0. The smallest absolute Gasteiger partial charge is 0.385 e. The van der Waals surface area contributed by atoms with E-state index in [1.54, 1.807) is 6.92 Å². The molecule has 1 heterocycles. The molecule has 0 radical (unpaired) electrons. The van der Waals surface area contributed by atoms with E-state index in [4.69, 9.17) is 5.11 Å². The van der Waals surface area contributed by atoms with E-state index in [0.29, 0.717) is 0 Å². The molecule has 1 atom stereocenters. The number of halogens is 3. The van der Waals surface area contributed by atoms with Gasteiger partial charge in [0.05, 0.1) is 0 Å². The first kappa shape index (κ1) is 9.97. The third-order valence-corrected chi connectivity index (χ3v) is 1.37. The van der Waals surface area contributed by atoms with Crippen LogP contribution in [0.4, 0.5) is 13.2 Å². The van der Waals surface area contributed by atoms with Crippen LogP contribution in [0.2, 0.25) is 0 Å². The van der Waals surface area contributed by atoms with Gasteiger partial charge in [0.15, 0.2) is 0 Å². The summed E-state index contributed by atoms with van der Waals surface area (Å²) in [6, 6.07) is 0. The van der Waals surface area contributed by atoms with Crippen molar-refractivity contribution in [3.63, 3.8) is 0 Å². The molecule has 1 aromatic heterocycles. The average molecular weight is 196 g/mol. The van der Waals surface area contributed by atoms with E-state index in [0.717, 1.165) is 0 Å². The van der Waals surface area contributed by atoms with Crippen molar-refractivity contribution in [2.75, 3.05) is 0 Å². The monoisotopic (exact) mass is 196 g/mol. The average Bonchev–Trinajstić information content (AvgIpc) is 2.50. The molecule has 0 spiro atoms. The van der Waals surface area contributed by atoms with Gasteiger partial charge in [-0.25, -0.2) is 0 Å². The number of aromatic nitrogens is 2. The van der Waals surface area contributed by atoms with E-state index < -0.39 is 18.2 Å². The third-order valence-electron chi connectivity index (χ3n) is 1.37. The molecular weight excluding hydrogens is 189 g/mol. The summed E-state index contributed by atoms with van der Waals surface area (Å²) in [5.41, 5.74) is 0. The van der Waals surface area contributed by atoms with Crippen LogP contribution in [-0.4, -0.2) is 15.2 Å². The minimum absolute atomic E-state index is 0.233. The van der Waals surface area contributed by atoms with Crippen LogP contribution in [0.1, 0.15) is 31.2 Å². The summed E-state index contributed by atoms with van der Waals surface area (Å²) in [6.07, 6.45) is -5.53. The SMILES string of the molecule is CCC(O)c1noc(C(F)(F)F)n1. The molecule has 1 N–H and O–H groups in total. The van der Waals surface area contributed by atoms with Crippen molar-refractivity contribution in [1.82, 2.24) is 10.1 Å². The van der Waals surface area contributed by atoms with Crippen molar-refractivity contribution in [2.45, 2.75) is 25.6 Å². The summed E-state index contributed by atoms with van der Waals surface area (Å²) in [5.74, 6) is -1.77. The van der Waals surface area contributed by atoms with Crippen molar-refractivity contribution in [2.24, 2.45) is 0 Å². The molecule has 1 rings (SSSR count). The molecule has 13 heavy (non-hydrogen) atoms. The summed E-state index contributed by atoms with van der Waals surface area (Å²) in [7, 11) is 0. The molecule has 0 saturated carbocycles. The van der Waals surface area contributed by atoms with Crippen molar-refractivity contribution < 1.29 is 22.8 Å². The Kier molecular flexibility index (Phi) is 2.55. The molecular formula is C6H7F3N2O2. The van der Waals surface area contributed by atoms with Crippen LogP contribution in [0.15, 0.2) is 4.52 Å². The number of aliphatic hydroxyl groups excluding tert-OH is 1. The maximum Gasteiger partial charge on any atom is 0.471 e. The van der Waals surface area contributed by atoms with Gasteiger partial charge in [0.2, 0.25) is 5.82 Å². The standard InChI is InChI=1S/C6H7F3N2O2/c1-2-3(12)4-10-5(13-11-4)6(7,8)9/h3,12H,2H2,1H3. The molecule has 0 aliphatic rings. The second-order valence-electron chi connectivity index (χ2n) is 2.38. The number of rotatable bonds is 2. The zero-order valence-corrected chi connectivity index (χ0v) is 6.67. The van der Waals surface area contributed by atoms with Gasteiger partial charge in [-0.2, -0.15) is 18.2 Å². The number of hydrogen-bond acceptors (Lipinski definition) is 4. The van der Waals surface area contributed by atoms with Gasteiger partial charge in [-0.15, -0.1) is 0 Å². The van der Waals surface area contributed by atoms with E-state index in [1.165, 1.54) is 0 Å². The van der Waals surface area contributed by atoms with Gasteiger partial charge in [0, 0.05) is 0 Å². The Morgan fingerprint density at radius 2 is 2.15 bits per heavy atom. The highest BCUT2D eigenvalue weighted by Crippen LogP contribution is 2.28. The summed E-state index contributed by atoms with van der Waals surface area (Å²) in [5, 5.41) is 12.1. The van der Waals surface area contributed by atoms with E-state index in [-0.39, 0.29) is 12.2 Å². The van der Waals surface area contributed by atoms with Gasteiger partial charge in [-0.05, 0) is 6.42 Å². The minimum Gasteiger partial charge on any atom is -0.385 e. The highest BCUT2D eigenvalue weighted by Gasteiger charge is 2.38. The molecule has 0 aliphatic heterocycles. The van der Waals surface area contributed by atoms with Crippen LogP contribution in [0.5, 0.6) is 0 Å². The maximum absolute atomic E-state index is 11.9. The first-order valence-electron chi connectivity index (χ1n) is 3.54. The van der Waals surface area contributed by atoms with Crippen LogP contribution in [-0.2, 0) is 6.18 Å². The molecule has 1 aromatic rings. The maximum atomic E-state index is 11.9. The van der Waals surface area contributed by atoms with Crippen LogP contribution in [0, 0.1) is 0 Å². The number of aliphatic hydroxyl groups is 1. The number of alkyl halides is 3. The first-order valence-corrected chi connectivity index (χ1v) is 3.54. The highest BCUT2D eigenvalue weighted by molar-refractivity contribution is 4.92. The van der Waals surface area contributed by atoms with Crippen molar-refractivity contribution >= 4 is 0 Å². The normalized spacial score (nSPS) is 14.5. The third kappa shape index (κ3) is 2.18. The fourth-order valence-corrected chi connectivity index (χ4v) is 0.668. The van der Waals surface area contributed by atoms with Crippen molar-refractivity contribution in [3.05, 3.63) is 11.7 Å². The predicted octanol–water partition coefficient (Wildman–Crippen LogP) is 1.53. The van der Waals surface area contributed by atoms with Crippen LogP contribution in [0.3, 0.4) is 0 Å². The Morgan fingerprint density at radius 1 is 1.54 bits per heavy atom. The lowest BCUT2D eigenvalue weighted by Gasteiger charge is -1.99. The predicted molar refractivity (Wildman–Crippen MR) is 34.6 cm³/mol. The van der Waals surface area contributed by atoms with E-state index in [1.807, 2.05) is 0 Å². The Balaban J connectivity index is 2.87. The van der Waals surface area contributed by atoms with Gasteiger partial charge < -0.3 is 9.63 Å². The molecule has 4 nitrogen and oxygen atoms in total. The zero-order valence-electron chi connectivity index (χ0n) is 6.67. The van der Waals surface area contributed by atoms with Gasteiger partial charge in [-0.3, -0.25) is 0 Å². The minimum atomic E-state index is -4.65. The van der Waals surface area contributed by atoms with Gasteiger partial charge in [0.1, 0.15) is 6.10 Å². The summed E-state index contributed by atoms with van der Waals surface area (Å²) in [6.45, 7) is 1.59. The van der Waals surface area contributed by atoms with E-state index >= 15 is 0 Å². The fraction of sp³-hybridized carbons (Fsp3) is 0.667. The number of hydrogen-bond donors (Lipinski definition) is 1. The zero-order chi connectivity index (χ0) is 10.1. The summed E-state index contributed by atoms with van der Waals surface area (Å²) < 4.78 is 39.6. The molecule has 7 heteroatoms. The molecule has 0 bridgehead atoms. The first-order chi connectivity index (χ1) is 5.95. The molecule has 0 fully saturated rings. The van der Waals surface area contributed by atoms with Gasteiger partial charge >= 0.3 is 12.1 Å². The Hall–Kier alpha value is -1.11. The van der Waals surface area contributed by atoms with Gasteiger partial charge in [0.25, 0.3) is 0 Å². The Bertz CT molecular complexity index is 284. The second kappa shape index (κ2) is 3.33. The molecule has 1 unspecified atom stereocenters. The second-order valence-corrected chi connectivity index (χ2v) is 2.38. The lowest BCUT2D eigenvalue weighted by molar-refractivity contribution is -0.159. The summed E-state index contributed by atoms with van der Waals surface area (Å²) in [4.78, 5) is 3.00. The highest BCUT2D eigenvalue weighted by atomic mass is 19.4. The quantitative estimate of drug-likeness (QED) is 0.779. The Morgan fingerprint density at radius 3 is 2.54 bits per heavy atom. The van der Waals surface area contributed by atoms with E-state index in [9.17, 15) is 13.2 Å².